The predicted octanol–water partition coefficient (Wildman–Crippen LogP) is 2.83. The van der Waals surface area contributed by atoms with Gasteiger partial charge in [0.15, 0.2) is 0 Å². The zero-order chi connectivity index (χ0) is 20.1. The Kier molecular flexibility index (Phi) is 7.12. The number of piperazine rings is 1. The van der Waals surface area contributed by atoms with Crippen LogP contribution in [0.15, 0.2) is 30.3 Å². The van der Waals surface area contributed by atoms with Crippen LogP contribution in [0.1, 0.15) is 56.9 Å². The first-order valence-corrected chi connectivity index (χ1v) is 11.9. The van der Waals surface area contributed by atoms with E-state index in [1.165, 1.54) is 6.42 Å². The van der Waals surface area contributed by atoms with Gasteiger partial charge in [0.2, 0.25) is 5.91 Å². The van der Waals surface area contributed by atoms with E-state index in [-0.39, 0.29) is 17.9 Å². The summed E-state index contributed by atoms with van der Waals surface area (Å²) < 4.78 is 29.2. The molecule has 1 aromatic rings. The van der Waals surface area contributed by atoms with Gasteiger partial charge in [-0.05, 0) is 24.8 Å². The van der Waals surface area contributed by atoms with E-state index in [0.29, 0.717) is 26.2 Å². The van der Waals surface area contributed by atoms with Crippen LogP contribution in [-0.2, 0) is 15.0 Å². The van der Waals surface area contributed by atoms with Crippen LogP contribution in [0.3, 0.4) is 0 Å². The fraction of sp³-hybridized carbons (Fsp3) is 0.667. The highest BCUT2D eigenvalue weighted by Gasteiger charge is 2.36. The van der Waals surface area contributed by atoms with Gasteiger partial charge in [0.25, 0.3) is 10.2 Å². The smallest absolute Gasteiger partial charge is 0.282 e. The molecule has 1 aliphatic carbocycles. The Morgan fingerprint density at radius 2 is 1.68 bits per heavy atom. The van der Waals surface area contributed by atoms with E-state index < -0.39 is 10.2 Å². The van der Waals surface area contributed by atoms with Gasteiger partial charge in [-0.25, -0.2) is 0 Å². The van der Waals surface area contributed by atoms with E-state index in [0.717, 1.165) is 37.7 Å². The molecule has 1 aromatic carbocycles. The average molecular weight is 408 g/mol. The van der Waals surface area contributed by atoms with Crippen LogP contribution in [0.25, 0.3) is 0 Å². The molecule has 2 aliphatic rings. The van der Waals surface area contributed by atoms with Crippen molar-refractivity contribution in [1.29, 1.82) is 0 Å². The van der Waals surface area contributed by atoms with Crippen LogP contribution < -0.4 is 0 Å². The number of benzene rings is 1. The second kappa shape index (κ2) is 9.37. The van der Waals surface area contributed by atoms with Gasteiger partial charge in [0.1, 0.15) is 0 Å². The van der Waals surface area contributed by atoms with Crippen LogP contribution in [-0.4, -0.2) is 67.1 Å². The Labute approximate surface area is 169 Å². The van der Waals surface area contributed by atoms with Crippen LogP contribution in [0.2, 0.25) is 0 Å². The molecule has 7 heteroatoms. The zero-order valence-corrected chi connectivity index (χ0v) is 17.9. The first-order valence-electron chi connectivity index (χ1n) is 10.5. The molecule has 0 N–H and O–H groups in total. The van der Waals surface area contributed by atoms with Crippen molar-refractivity contribution in [3.63, 3.8) is 0 Å². The van der Waals surface area contributed by atoms with Crippen LogP contribution >= 0.6 is 0 Å². The van der Waals surface area contributed by atoms with Gasteiger partial charge in [-0.2, -0.15) is 17.0 Å². The Hall–Kier alpha value is -1.44. The summed E-state index contributed by atoms with van der Waals surface area (Å²) in [6.07, 6.45) is 6.04. The molecule has 0 aromatic heterocycles. The Balaban J connectivity index is 1.61. The Morgan fingerprint density at radius 3 is 2.25 bits per heavy atom. The summed E-state index contributed by atoms with van der Waals surface area (Å²) in [7, 11) is -1.75. The molecule has 6 nitrogen and oxygen atoms in total. The third-order valence-electron chi connectivity index (χ3n) is 6.24. The lowest BCUT2D eigenvalue weighted by atomic mass is 9.95. The number of rotatable bonds is 6. The molecule has 0 radical (unpaired) electrons. The van der Waals surface area contributed by atoms with Crippen LogP contribution in [0.4, 0.5) is 0 Å². The van der Waals surface area contributed by atoms with E-state index in [4.69, 9.17) is 0 Å². The predicted molar refractivity (Wildman–Crippen MR) is 111 cm³/mol. The van der Waals surface area contributed by atoms with Gasteiger partial charge in [0.05, 0.1) is 5.92 Å². The summed E-state index contributed by atoms with van der Waals surface area (Å²) in [4.78, 5) is 14.8. The van der Waals surface area contributed by atoms with Crippen molar-refractivity contribution in [2.45, 2.75) is 57.4 Å². The van der Waals surface area contributed by atoms with Crippen molar-refractivity contribution in [2.75, 3.05) is 33.2 Å². The molecule has 0 bridgehead atoms. The number of amides is 1. The minimum Gasteiger partial charge on any atom is -0.340 e. The monoisotopic (exact) mass is 407 g/mol. The maximum atomic E-state index is 13.0. The summed E-state index contributed by atoms with van der Waals surface area (Å²) in [5.41, 5.74) is 1.03. The first-order chi connectivity index (χ1) is 13.4. The lowest BCUT2D eigenvalue weighted by Crippen LogP contribution is -2.55. The molecule has 28 heavy (non-hydrogen) atoms. The van der Waals surface area contributed by atoms with Crippen LogP contribution in [0.5, 0.6) is 0 Å². The molecule has 1 aliphatic heterocycles. The van der Waals surface area contributed by atoms with Crippen LogP contribution in [0, 0.1) is 0 Å². The van der Waals surface area contributed by atoms with Gasteiger partial charge < -0.3 is 4.90 Å². The maximum absolute atomic E-state index is 13.0. The summed E-state index contributed by atoms with van der Waals surface area (Å²) in [6, 6.07) is 9.96. The van der Waals surface area contributed by atoms with Gasteiger partial charge in [-0.1, -0.05) is 56.5 Å². The fourth-order valence-electron chi connectivity index (χ4n) is 4.41. The number of carbonyl (C=O) groups excluding carboxylic acids is 1. The van der Waals surface area contributed by atoms with Gasteiger partial charge in [0, 0.05) is 39.3 Å². The summed E-state index contributed by atoms with van der Waals surface area (Å²) in [6.45, 7) is 3.68. The topological polar surface area (TPSA) is 60.9 Å². The van der Waals surface area contributed by atoms with Crippen molar-refractivity contribution >= 4 is 16.1 Å². The second-order valence-electron chi connectivity index (χ2n) is 7.91. The molecule has 0 spiro atoms. The SMILES string of the molecule is CCC(C(=O)N1CCN(S(=O)(=O)N(C)C2CCCCC2)CC1)c1ccccc1. The Bertz CT molecular complexity index is 739. The van der Waals surface area contributed by atoms with E-state index in [1.807, 2.05) is 42.2 Å². The number of hydrogen-bond acceptors (Lipinski definition) is 3. The van der Waals surface area contributed by atoms with Crippen molar-refractivity contribution in [2.24, 2.45) is 0 Å². The summed E-state index contributed by atoms with van der Waals surface area (Å²) in [5, 5.41) is 0. The quantitative estimate of drug-likeness (QED) is 0.729. The minimum atomic E-state index is -3.46. The van der Waals surface area contributed by atoms with E-state index in [1.54, 1.807) is 15.7 Å². The number of hydrogen-bond donors (Lipinski definition) is 0. The molecule has 1 amide bonds. The third kappa shape index (κ3) is 4.58. The lowest BCUT2D eigenvalue weighted by Gasteiger charge is -2.39. The highest BCUT2D eigenvalue weighted by molar-refractivity contribution is 7.86. The van der Waals surface area contributed by atoms with Gasteiger partial charge >= 0.3 is 0 Å². The number of carbonyl (C=O) groups is 1. The fourth-order valence-corrected chi connectivity index (χ4v) is 5.99. The van der Waals surface area contributed by atoms with Gasteiger partial charge in [-0.15, -0.1) is 0 Å². The number of nitrogens with zero attached hydrogens (tertiary/aromatic N) is 3. The van der Waals surface area contributed by atoms with Crippen molar-refractivity contribution in [3.8, 4) is 0 Å². The molecule has 1 saturated heterocycles. The normalized spacial score (nSPS) is 21.0. The average Bonchev–Trinajstić information content (AvgIpc) is 2.75. The highest BCUT2D eigenvalue weighted by atomic mass is 32.2. The van der Waals surface area contributed by atoms with Crippen molar-refractivity contribution < 1.29 is 13.2 Å². The molecule has 2 fully saturated rings. The zero-order valence-electron chi connectivity index (χ0n) is 17.1. The molecule has 3 rings (SSSR count). The second-order valence-corrected chi connectivity index (χ2v) is 9.90. The molecule has 156 valence electrons. The first kappa shape index (κ1) is 21.3. The highest BCUT2D eigenvalue weighted by Crippen LogP contribution is 2.26. The largest absolute Gasteiger partial charge is 0.340 e. The maximum Gasteiger partial charge on any atom is 0.282 e. The molecule has 1 saturated carbocycles. The standard InChI is InChI=1S/C21H33N3O3S/c1-3-20(18-10-6-4-7-11-18)21(25)23-14-16-24(17-15-23)28(26,27)22(2)19-12-8-5-9-13-19/h4,6-7,10-11,19-20H,3,5,8-9,12-17H2,1-2H3. The molecule has 1 unspecified atom stereocenters. The summed E-state index contributed by atoms with van der Waals surface area (Å²) >= 11 is 0. The van der Waals surface area contributed by atoms with Crippen molar-refractivity contribution in [1.82, 2.24) is 13.5 Å². The van der Waals surface area contributed by atoms with Gasteiger partial charge in [-0.3, -0.25) is 4.79 Å². The lowest BCUT2D eigenvalue weighted by molar-refractivity contribution is -0.134. The molecular weight excluding hydrogens is 374 g/mol. The molecule has 1 atom stereocenters. The van der Waals surface area contributed by atoms with E-state index >= 15 is 0 Å². The Morgan fingerprint density at radius 1 is 1.07 bits per heavy atom. The minimum absolute atomic E-state index is 0.103. The molecule has 1 heterocycles. The van der Waals surface area contributed by atoms with E-state index in [9.17, 15) is 13.2 Å². The molecular formula is C21H33N3O3S. The van der Waals surface area contributed by atoms with Crippen molar-refractivity contribution in [3.05, 3.63) is 35.9 Å². The van der Waals surface area contributed by atoms with E-state index in [2.05, 4.69) is 0 Å². The third-order valence-corrected chi connectivity index (χ3v) is 8.28. The summed E-state index contributed by atoms with van der Waals surface area (Å²) in [5.74, 6) is -0.0550.